The molecule has 2 aliphatic heterocycles. The Hall–Kier alpha value is -7.36. The lowest BCUT2D eigenvalue weighted by Gasteiger charge is -2.45. The first-order valence-corrected chi connectivity index (χ1v) is 24.7. The van der Waals surface area contributed by atoms with E-state index in [9.17, 15) is 0 Å². The number of hydrogen-bond acceptors (Lipinski definition) is 2. The molecule has 0 spiro atoms. The molecule has 0 N–H and O–H groups in total. The van der Waals surface area contributed by atoms with Crippen molar-refractivity contribution in [2.24, 2.45) is 0 Å². The monoisotopic (exact) mass is 892 g/mol. The quantitative estimate of drug-likeness (QED) is 0.126. The van der Waals surface area contributed by atoms with Gasteiger partial charge in [-0.1, -0.05) is 231 Å². The number of rotatable bonds is 10. The summed E-state index contributed by atoms with van der Waals surface area (Å²) < 4.78 is 0. The summed E-state index contributed by atoms with van der Waals surface area (Å²) in [6, 6.07) is 84.1. The molecule has 2 nitrogen and oxygen atoms in total. The summed E-state index contributed by atoms with van der Waals surface area (Å²) in [7, 11) is 0. The molecule has 0 fully saturated rings. The molecule has 9 aromatic rings. The van der Waals surface area contributed by atoms with Gasteiger partial charge in [0, 0.05) is 55.8 Å². The molecule has 0 bridgehead atoms. The van der Waals surface area contributed by atoms with Crippen molar-refractivity contribution in [2.75, 3.05) is 9.80 Å². The van der Waals surface area contributed by atoms with E-state index in [2.05, 4.69) is 290 Å². The molecule has 0 saturated heterocycles. The molecule has 0 unspecified atom stereocenters. The smallest absolute Gasteiger partial charge is 0.252 e. The Morgan fingerprint density at radius 1 is 0.261 bits per heavy atom. The van der Waals surface area contributed by atoms with Gasteiger partial charge in [-0.05, 0) is 109 Å². The van der Waals surface area contributed by atoms with Crippen molar-refractivity contribution < 1.29 is 0 Å². The van der Waals surface area contributed by atoms with E-state index in [1.807, 2.05) is 0 Å². The van der Waals surface area contributed by atoms with Gasteiger partial charge in [0.2, 0.25) is 0 Å². The lowest BCUT2D eigenvalue weighted by atomic mass is 9.33. The van der Waals surface area contributed by atoms with Crippen LogP contribution in [0.2, 0.25) is 0 Å². The zero-order valence-electron chi connectivity index (χ0n) is 41.3. The Morgan fingerprint density at radius 2 is 0.536 bits per heavy atom. The second-order valence-electron chi connectivity index (χ2n) is 21.4. The van der Waals surface area contributed by atoms with Crippen LogP contribution in [0.25, 0.3) is 0 Å². The van der Waals surface area contributed by atoms with Crippen molar-refractivity contribution in [3.8, 4) is 0 Å². The Bertz CT molecular complexity index is 3080. The second-order valence-corrected chi connectivity index (χ2v) is 21.4. The van der Waals surface area contributed by atoms with Crippen LogP contribution in [0.1, 0.15) is 99.9 Å². The van der Waals surface area contributed by atoms with Gasteiger partial charge < -0.3 is 9.80 Å². The van der Waals surface area contributed by atoms with Gasteiger partial charge in [-0.25, -0.2) is 0 Å². The van der Waals surface area contributed by atoms with Gasteiger partial charge in [0.1, 0.15) is 0 Å². The normalized spacial score (nSPS) is 13.4. The molecule has 2 heterocycles. The predicted molar refractivity (Wildman–Crippen MR) is 295 cm³/mol. The van der Waals surface area contributed by atoms with Gasteiger partial charge in [0.25, 0.3) is 6.71 Å². The summed E-state index contributed by atoms with van der Waals surface area (Å²) in [6.07, 6.45) is 0. The summed E-state index contributed by atoms with van der Waals surface area (Å²) in [4.78, 5) is 5.07. The number of anilines is 6. The lowest BCUT2D eigenvalue weighted by molar-refractivity contribution is 0.641. The topological polar surface area (TPSA) is 6.48 Å². The van der Waals surface area contributed by atoms with Crippen LogP contribution in [0.5, 0.6) is 0 Å². The van der Waals surface area contributed by atoms with Crippen LogP contribution < -0.4 is 26.2 Å². The highest BCUT2D eigenvalue weighted by Gasteiger charge is 2.44. The molecule has 69 heavy (non-hydrogen) atoms. The molecule has 11 rings (SSSR count). The molecule has 338 valence electrons. The van der Waals surface area contributed by atoms with Crippen LogP contribution in [0.15, 0.2) is 224 Å². The standard InChI is InChI=1S/C66H61BN2/c1-63(2,46-22-13-9-14-23-46)50-32-38-54(39-33-50)68-58-42-36-52(65(5,6)48-26-17-11-18-27-48)44-56(58)67-57-45-53(66(7,8)49-28-19-12-20-29-49)37-43-59(57)69(61-31-21-30-60(68)62(61)67)55-40-34-51(35-41-55)64(3,4)47-24-15-10-16-25-47/h9-45H,1-8H3. The summed E-state index contributed by atoms with van der Waals surface area (Å²) in [5, 5.41) is 0. The van der Waals surface area contributed by atoms with Crippen LogP contribution >= 0.6 is 0 Å². The Morgan fingerprint density at radius 3 is 0.855 bits per heavy atom. The first-order valence-electron chi connectivity index (χ1n) is 24.7. The first kappa shape index (κ1) is 44.2. The van der Waals surface area contributed by atoms with Crippen molar-refractivity contribution in [1.29, 1.82) is 0 Å². The van der Waals surface area contributed by atoms with Crippen molar-refractivity contribution >= 4 is 57.2 Å². The Labute approximate surface area is 411 Å². The van der Waals surface area contributed by atoms with Gasteiger partial charge in [0.05, 0.1) is 0 Å². The predicted octanol–water partition coefficient (Wildman–Crippen LogP) is 15.1. The maximum Gasteiger partial charge on any atom is 0.252 e. The highest BCUT2D eigenvalue weighted by Crippen LogP contribution is 2.47. The molecular formula is C66H61BN2. The van der Waals surface area contributed by atoms with Crippen LogP contribution in [0.4, 0.5) is 34.1 Å². The number of hydrogen-bond donors (Lipinski definition) is 0. The molecular weight excluding hydrogens is 832 g/mol. The summed E-state index contributed by atoms with van der Waals surface area (Å²) in [6.45, 7) is 18.8. The van der Waals surface area contributed by atoms with Crippen molar-refractivity contribution in [1.82, 2.24) is 0 Å². The molecule has 2 aliphatic rings. The lowest BCUT2D eigenvalue weighted by Crippen LogP contribution is -2.61. The highest BCUT2D eigenvalue weighted by atomic mass is 15.2. The molecule has 9 aromatic carbocycles. The van der Waals surface area contributed by atoms with Gasteiger partial charge in [-0.2, -0.15) is 0 Å². The SMILES string of the molecule is CC(C)(c1ccccc1)c1ccc(N2c3ccc(C(C)(C)c4ccccc4)cc3B3c4cc(C(C)(C)c5ccccc5)ccc4N(c4ccc(C(C)(C)c5ccccc5)cc4)c4cccc2c43)cc1. The number of fused-ring (bicyclic) bond motifs is 4. The zero-order chi connectivity index (χ0) is 47.7. The first-order chi connectivity index (χ1) is 33.3. The molecule has 0 atom stereocenters. The van der Waals surface area contributed by atoms with Crippen molar-refractivity contribution in [3.05, 3.63) is 269 Å². The molecule has 3 heteroatoms. The average molecular weight is 893 g/mol. The maximum absolute atomic E-state index is 2.54. The minimum atomic E-state index is -0.235. The fraction of sp³-hybridized carbons (Fsp3) is 0.182. The van der Waals surface area contributed by atoms with Gasteiger partial charge in [0.15, 0.2) is 0 Å². The Balaban J connectivity index is 1.14. The summed E-state index contributed by atoms with van der Waals surface area (Å²) in [5.41, 5.74) is 20.7. The molecule has 0 aliphatic carbocycles. The summed E-state index contributed by atoms with van der Waals surface area (Å²) >= 11 is 0. The number of nitrogens with zero attached hydrogens (tertiary/aromatic N) is 2. The summed E-state index contributed by atoms with van der Waals surface area (Å²) in [5.74, 6) is 0. The third kappa shape index (κ3) is 7.33. The van der Waals surface area contributed by atoms with Crippen LogP contribution in [-0.4, -0.2) is 6.71 Å². The largest absolute Gasteiger partial charge is 0.311 e. The average Bonchev–Trinajstić information content (AvgIpc) is 3.39. The van der Waals surface area contributed by atoms with E-state index >= 15 is 0 Å². The fourth-order valence-electron chi connectivity index (χ4n) is 11.4. The van der Waals surface area contributed by atoms with Crippen molar-refractivity contribution in [2.45, 2.75) is 77.0 Å². The zero-order valence-corrected chi connectivity index (χ0v) is 41.3. The third-order valence-corrected chi connectivity index (χ3v) is 16.1. The van der Waals surface area contributed by atoms with E-state index in [1.165, 1.54) is 83.6 Å². The van der Waals surface area contributed by atoms with Crippen LogP contribution in [0, 0.1) is 0 Å². The second kappa shape index (κ2) is 16.7. The molecule has 0 saturated carbocycles. The molecule has 0 radical (unpaired) electrons. The molecule has 0 amide bonds. The Kier molecular flexibility index (Phi) is 10.7. The minimum absolute atomic E-state index is 0.0284. The van der Waals surface area contributed by atoms with Gasteiger partial charge >= 0.3 is 0 Å². The van der Waals surface area contributed by atoms with E-state index in [4.69, 9.17) is 0 Å². The van der Waals surface area contributed by atoms with Gasteiger partial charge in [-0.3, -0.25) is 0 Å². The van der Waals surface area contributed by atoms with Crippen molar-refractivity contribution in [3.63, 3.8) is 0 Å². The van der Waals surface area contributed by atoms with E-state index in [1.54, 1.807) is 0 Å². The number of benzene rings is 9. The van der Waals surface area contributed by atoms with Gasteiger partial charge in [-0.15, -0.1) is 0 Å². The van der Waals surface area contributed by atoms with E-state index in [-0.39, 0.29) is 28.4 Å². The van der Waals surface area contributed by atoms with E-state index in [0.717, 1.165) is 11.4 Å². The van der Waals surface area contributed by atoms with Crippen LogP contribution in [-0.2, 0) is 21.7 Å². The third-order valence-electron chi connectivity index (χ3n) is 16.1. The minimum Gasteiger partial charge on any atom is -0.311 e. The maximum atomic E-state index is 2.54. The van der Waals surface area contributed by atoms with E-state index < -0.39 is 0 Å². The highest BCUT2D eigenvalue weighted by molar-refractivity contribution is 7.00. The fourth-order valence-corrected chi connectivity index (χ4v) is 11.4. The van der Waals surface area contributed by atoms with E-state index in [0.29, 0.717) is 0 Å². The molecule has 0 aromatic heterocycles. The van der Waals surface area contributed by atoms with Crippen LogP contribution in [0.3, 0.4) is 0 Å².